The lowest BCUT2D eigenvalue weighted by Gasteiger charge is -2.23. The number of rotatable bonds is 4. The first-order valence-corrected chi connectivity index (χ1v) is 6.21. The number of nitrogens with one attached hydrogen (secondary N) is 1. The number of nitro groups is 1. The van der Waals surface area contributed by atoms with Crippen molar-refractivity contribution in [2.75, 3.05) is 13.2 Å². The van der Waals surface area contributed by atoms with Crippen LogP contribution in [0.15, 0.2) is 12.3 Å². The Bertz CT molecular complexity index is 436. The summed E-state index contributed by atoms with van der Waals surface area (Å²) in [5, 5.41) is 14.4. The molecule has 0 bridgehead atoms. The van der Waals surface area contributed by atoms with E-state index in [0.29, 0.717) is 6.61 Å². The molecule has 0 radical (unpaired) electrons. The van der Waals surface area contributed by atoms with Crippen LogP contribution in [0.5, 0.6) is 5.88 Å². The first kappa shape index (κ1) is 13.0. The maximum Gasteiger partial charge on any atom is 0.332 e. The highest BCUT2D eigenvalue weighted by Crippen LogP contribution is 2.27. The van der Waals surface area contributed by atoms with Gasteiger partial charge >= 0.3 is 5.69 Å². The van der Waals surface area contributed by atoms with Crippen LogP contribution in [0.3, 0.4) is 0 Å². The van der Waals surface area contributed by atoms with Gasteiger partial charge in [0.15, 0.2) is 0 Å². The van der Waals surface area contributed by atoms with E-state index in [1.807, 2.05) is 0 Å². The van der Waals surface area contributed by atoms with Crippen LogP contribution in [-0.2, 0) is 0 Å². The van der Waals surface area contributed by atoms with E-state index in [2.05, 4.69) is 10.3 Å². The SMILES string of the molecule is O=[N+]([O-])c1cc(Cl)cnc1OCC1CCCCN1. The Morgan fingerprint density at radius 1 is 1.61 bits per heavy atom. The van der Waals surface area contributed by atoms with E-state index in [4.69, 9.17) is 16.3 Å². The van der Waals surface area contributed by atoms with Crippen LogP contribution in [0.1, 0.15) is 19.3 Å². The number of nitrogens with zero attached hydrogens (tertiary/aromatic N) is 2. The van der Waals surface area contributed by atoms with Crippen LogP contribution in [0.25, 0.3) is 0 Å². The molecule has 6 nitrogen and oxygen atoms in total. The van der Waals surface area contributed by atoms with E-state index in [-0.39, 0.29) is 22.6 Å². The number of ether oxygens (including phenoxy) is 1. The summed E-state index contributed by atoms with van der Waals surface area (Å²) < 4.78 is 5.42. The molecule has 1 atom stereocenters. The van der Waals surface area contributed by atoms with Gasteiger partial charge in [0.05, 0.1) is 16.1 Å². The van der Waals surface area contributed by atoms with Crippen molar-refractivity contribution >= 4 is 17.3 Å². The van der Waals surface area contributed by atoms with Gasteiger partial charge in [0.2, 0.25) is 0 Å². The van der Waals surface area contributed by atoms with Crippen LogP contribution in [-0.4, -0.2) is 29.1 Å². The third-order valence-electron chi connectivity index (χ3n) is 2.83. The van der Waals surface area contributed by atoms with Crippen molar-refractivity contribution in [3.8, 4) is 5.88 Å². The standard InChI is InChI=1S/C11H14ClN3O3/c12-8-5-10(15(16)17)11(14-6-8)18-7-9-3-1-2-4-13-9/h5-6,9,13H,1-4,7H2. The lowest BCUT2D eigenvalue weighted by Crippen LogP contribution is -2.38. The topological polar surface area (TPSA) is 77.3 Å². The molecule has 1 aromatic heterocycles. The Morgan fingerprint density at radius 2 is 2.44 bits per heavy atom. The van der Waals surface area contributed by atoms with E-state index < -0.39 is 4.92 Å². The molecule has 1 aliphatic heterocycles. The average Bonchev–Trinajstić information content (AvgIpc) is 2.38. The van der Waals surface area contributed by atoms with Crippen molar-refractivity contribution in [2.24, 2.45) is 0 Å². The van der Waals surface area contributed by atoms with Crippen LogP contribution in [0.2, 0.25) is 5.02 Å². The summed E-state index contributed by atoms with van der Waals surface area (Å²) in [6, 6.07) is 1.48. The molecule has 98 valence electrons. The zero-order valence-corrected chi connectivity index (χ0v) is 10.5. The van der Waals surface area contributed by atoms with Crippen LogP contribution < -0.4 is 10.1 Å². The van der Waals surface area contributed by atoms with Crippen molar-refractivity contribution in [3.63, 3.8) is 0 Å². The second-order valence-corrected chi connectivity index (χ2v) is 4.63. The summed E-state index contributed by atoms with van der Waals surface area (Å²) in [6.45, 7) is 1.35. The fourth-order valence-electron chi connectivity index (χ4n) is 1.90. The number of pyridine rings is 1. The monoisotopic (exact) mass is 271 g/mol. The molecule has 2 heterocycles. The molecule has 1 aromatic rings. The molecule has 0 aromatic carbocycles. The molecule has 2 rings (SSSR count). The minimum atomic E-state index is -0.539. The molecule has 1 aliphatic rings. The van der Waals surface area contributed by atoms with Gasteiger partial charge < -0.3 is 10.1 Å². The molecule has 0 aliphatic carbocycles. The normalized spacial score (nSPS) is 19.5. The summed E-state index contributed by atoms with van der Waals surface area (Å²) in [6.07, 6.45) is 4.67. The Labute approximate surface area is 109 Å². The molecule has 0 saturated carbocycles. The Balaban J connectivity index is 2.01. The van der Waals surface area contributed by atoms with Gasteiger partial charge in [0, 0.05) is 12.1 Å². The second kappa shape index (κ2) is 5.97. The zero-order chi connectivity index (χ0) is 13.0. The van der Waals surface area contributed by atoms with Crippen molar-refractivity contribution in [1.82, 2.24) is 10.3 Å². The number of hydrogen-bond acceptors (Lipinski definition) is 5. The third kappa shape index (κ3) is 3.30. The Morgan fingerprint density at radius 3 is 3.11 bits per heavy atom. The molecular formula is C11H14ClN3O3. The fourth-order valence-corrected chi connectivity index (χ4v) is 2.06. The third-order valence-corrected chi connectivity index (χ3v) is 3.04. The van der Waals surface area contributed by atoms with E-state index in [1.165, 1.54) is 12.3 Å². The largest absolute Gasteiger partial charge is 0.471 e. The lowest BCUT2D eigenvalue weighted by atomic mass is 10.1. The number of halogens is 1. The first-order chi connectivity index (χ1) is 8.66. The van der Waals surface area contributed by atoms with Crippen LogP contribution in [0, 0.1) is 10.1 Å². The summed E-state index contributed by atoms with van der Waals surface area (Å²) in [5.74, 6) is 0.0248. The van der Waals surface area contributed by atoms with Gasteiger partial charge in [-0.1, -0.05) is 18.0 Å². The highest BCUT2D eigenvalue weighted by Gasteiger charge is 2.20. The quantitative estimate of drug-likeness (QED) is 0.671. The van der Waals surface area contributed by atoms with Gasteiger partial charge in [-0.2, -0.15) is 0 Å². The smallest absolute Gasteiger partial charge is 0.332 e. The number of hydrogen-bond donors (Lipinski definition) is 1. The first-order valence-electron chi connectivity index (χ1n) is 5.83. The molecule has 1 fully saturated rings. The van der Waals surface area contributed by atoms with E-state index in [0.717, 1.165) is 25.8 Å². The number of aromatic nitrogens is 1. The van der Waals surface area contributed by atoms with Crippen LogP contribution >= 0.6 is 11.6 Å². The molecule has 18 heavy (non-hydrogen) atoms. The van der Waals surface area contributed by atoms with Crippen molar-refractivity contribution < 1.29 is 9.66 Å². The molecule has 0 spiro atoms. The highest BCUT2D eigenvalue weighted by atomic mass is 35.5. The molecule has 1 N–H and O–H groups in total. The molecule has 0 amide bonds. The molecule has 1 saturated heterocycles. The second-order valence-electron chi connectivity index (χ2n) is 4.19. The maximum atomic E-state index is 10.8. The molecule has 7 heteroatoms. The summed E-state index contributed by atoms with van der Waals surface area (Å²) in [4.78, 5) is 14.2. The van der Waals surface area contributed by atoms with Crippen molar-refractivity contribution in [1.29, 1.82) is 0 Å². The van der Waals surface area contributed by atoms with Gasteiger partial charge in [-0.15, -0.1) is 0 Å². The average molecular weight is 272 g/mol. The predicted octanol–water partition coefficient (Wildman–Crippen LogP) is 2.16. The minimum Gasteiger partial charge on any atom is -0.471 e. The van der Waals surface area contributed by atoms with Crippen LogP contribution in [0.4, 0.5) is 5.69 Å². The summed E-state index contributed by atoms with van der Waals surface area (Å²) >= 11 is 5.67. The van der Waals surface area contributed by atoms with E-state index in [1.54, 1.807) is 0 Å². The molecule has 1 unspecified atom stereocenters. The highest BCUT2D eigenvalue weighted by molar-refractivity contribution is 6.30. The molecular weight excluding hydrogens is 258 g/mol. The van der Waals surface area contributed by atoms with E-state index >= 15 is 0 Å². The van der Waals surface area contributed by atoms with E-state index in [9.17, 15) is 10.1 Å². The van der Waals surface area contributed by atoms with Gasteiger partial charge in [0.25, 0.3) is 5.88 Å². The number of piperidine rings is 1. The van der Waals surface area contributed by atoms with Crippen molar-refractivity contribution in [2.45, 2.75) is 25.3 Å². The summed E-state index contributed by atoms with van der Waals surface area (Å²) in [7, 11) is 0. The maximum absolute atomic E-state index is 10.8. The minimum absolute atomic E-state index is 0.0248. The van der Waals surface area contributed by atoms with Gasteiger partial charge in [-0.05, 0) is 19.4 Å². The fraction of sp³-hybridized carbons (Fsp3) is 0.545. The van der Waals surface area contributed by atoms with Gasteiger partial charge in [-0.25, -0.2) is 4.98 Å². The lowest BCUT2D eigenvalue weighted by molar-refractivity contribution is -0.386. The predicted molar refractivity (Wildman–Crippen MR) is 67.0 cm³/mol. The summed E-state index contributed by atoms with van der Waals surface area (Å²) in [5.41, 5.74) is -0.196. The van der Waals surface area contributed by atoms with Gasteiger partial charge in [-0.3, -0.25) is 10.1 Å². The van der Waals surface area contributed by atoms with Gasteiger partial charge in [0.1, 0.15) is 6.61 Å². The Hall–Kier alpha value is -1.40. The zero-order valence-electron chi connectivity index (χ0n) is 9.76. The van der Waals surface area contributed by atoms with Crippen molar-refractivity contribution in [3.05, 3.63) is 27.4 Å². The Kier molecular flexibility index (Phi) is 4.33.